The van der Waals surface area contributed by atoms with Crippen molar-refractivity contribution in [3.05, 3.63) is 71.7 Å². The molecule has 7 nitrogen and oxygen atoms in total. The Morgan fingerprint density at radius 3 is 2.29 bits per heavy atom. The summed E-state index contributed by atoms with van der Waals surface area (Å²) in [6.07, 6.45) is -2.86. The highest BCUT2D eigenvalue weighted by molar-refractivity contribution is 7.63. The van der Waals surface area contributed by atoms with E-state index in [1.807, 2.05) is 44.2 Å². The van der Waals surface area contributed by atoms with Crippen molar-refractivity contribution in [1.29, 1.82) is 0 Å². The Kier molecular flexibility index (Phi) is 7.95. The minimum absolute atomic E-state index is 0.135. The fraction of sp³-hybridized carbons (Fsp3) is 0.240. The van der Waals surface area contributed by atoms with Crippen molar-refractivity contribution in [2.45, 2.75) is 32.3 Å². The number of aromatic nitrogens is 2. The third-order valence-electron chi connectivity index (χ3n) is 4.86. The number of aliphatic carboxylic acids is 1. The summed E-state index contributed by atoms with van der Waals surface area (Å²) < 4.78 is 26.2. The van der Waals surface area contributed by atoms with Gasteiger partial charge in [-0.3, -0.25) is 9.36 Å². The summed E-state index contributed by atoms with van der Waals surface area (Å²) in [6, 6.07) is 14.9. The van der Waals surface area contributed by atoms with Gasteiger partial charge >= 0.3 is 5.97 Å². The molecule has 2 unspecified atom stereocenters. The Morgan fingerprint density at radius 1 is 1.06 bits per heavy atom. The van der Waals surface area contributed by atoms with Crippen LogP contribution in [0, 0.1) is 17.4 Å². The molecule has 0 aliphatic rings. The van der Waals surface area contributed by atoms with Crippen molar-refractivity contribution in [2.75, 3.05) is 6.16 Å². The zero-order valence-electron chi connectivity index (χ0n) is 18.6. The topological polar surface area (TPSA) is 121 Å². The number of carbonyl (C=O) groups is 1. The lowest BCUT2D eigenvalue weighted by Crippen LogP contribution is -2.17. The highest BCUT2D eigenvalue weighted by Crippen LogP contribution is 2.41. The van der Waals surface area contributed by atoms with Crippen LogP contribution >= 0.6 is 7.37 Å². The summed E-state index contributed by atoms with van der Waals surface area (Å²) >= 11 is 0. The molecule has 0 radical (unpaired) electrons. The van der Waals surface area contributed by atoms with Gasteiger partial charge in [0.1, 0.15) is 5.82 Å². The van der Waals surface area contributed by atoms with Crippen LogP contribution in [0.1, 0.15) is 37.4 Å². The van der Waals surface area contributed by atoms with Gasteiger partial charge in [-0.1, -0.05) is 50.1 Å². The Balaban J connectivity index is 2.17. The number of rotatable bonds is 7. The van der Waals surface area contributed by atoms with Gasteiger partial charge in [-0.2, -0.15) is 0 Å². The second-order valence-corrected chi connectivity index (χ2v) is 10.0. The first-order chi connectivity index (χ1) is 16.1. The summed E-state index contributed by atoms with van der Waals surface area (Å²) in [7, 11) is -4.20. The molecule has 0 fully saturated rings. The van der Waals surface area contributed by atoms with Gasteiger partial charge in [-0.05, 0) is 35.8 Å². The monoisotopic (exact) mass is 482 g/mol. The molecule has 34 heavy (non-hydrogen) atoms. The van der Waals surface area contributed by atoms with Crippen LogP contribution in [-0.4, -0.2) is 43.3 Å². The van der Waals surface area contributed by atoms with Crippen molar-refractivity contribution in [1.82, 2.24) is 9.97 Å². The Labute approximate surface area is 196 Å². The molecule has 3 rings (SSSR count). The van der Waals surface area contributed by atoms with E-state index in [4.69, 9.17) is 5.11 Å². The van der Waals surface area contributed by atoms with Gasteiger partial charge in [-0.25, -0.2) is 14.4 Å². The first-order valence-electron chi connectivity index (χ1n) is 10.5. The van der Waals surface area contributed by atoms with Gasteiger partial charge in [0.05, 0.1) is 35.6 Å². The molecule has 0 aliphatic heterocycles. The third kappa shape index (κ3) is 6.58. The van der Waals surface area contributed by atoms with Gasteiger partial charge in [0, 0.05) is 11.1 Å². The van der Waals surface area contributed by atoms with Crippen LogP contribution in [0.3, 0.4) is 0 Å². The molecule has 0 spiro atoms. The fourth-order valence-corrected chi connectivity index (χ4v) is 4.37. The van der Waals surface area contributed by atoms with Gasteiger partial charge in [0.15, 0.2) is 5.82 Å². The van der Waals surface area contributed by atoms with Crippen LogP contribution in [0.4, 0.5) is 4.39 Å². The van der Waals surface area contributed by atoms with Gasteiger partial charge < -0.3 is 15.1 Å². The smallest absolute Gasteiger partial charge is 0.305 e. The summed E-state index contributed by atoms with van der Waals surface area (Å²) in [4.78, 5) is 30.3. The molecule has 0 saturated heterocycles. The molecule has 0 aliphatic carbocycles. The maximum atomic E-state index is 13.6. The summed E-state index contributed by atoms with van der Waals surface area (Å²) in [5, 5.41) is 18.6. The predicted molar refractivity (Wildman–Crippen MR) is 127 cm³/mol. The van der Waals surface area contributed by atoms with Crippen LogP contribution in [-0.2, 0) is 9.36 Å². The normalized spacial score (nSPS) is 13.6. The molecule has 176 valence electrons. The second kappa shape index (κ2) is 10.7. The molecule has 0 bridgehead atoms. The Hall–Kier alpha value is -3.37. The summed E-state index contributed by atoms with van der Waals surface area (Å²) in [6.45, 7) is 3.79. The summed E-state index contributed by atoms with van der Waals surface area (Å²) in [5.41, 5.74) is 4.83. The van der Waals surface area contributed by atoms with E-state index >= 15 is 0 Å². The number of nitrogens with zero attached hydrogens (tertiary/aromatic N) is 2. The number of hydrogen-bond donors (Lipinski definition) is 3. The lowest BCUT2D eigenvalue weighted by molar-refractivity contribution is -0.138. The van der Waals surface area contributed by atoms with E-state index in [0.717, 1.165) is 5.56 Å². The number of carboxylic acids is 1. The molecule has 2 atom stereocenters. The maximum Gasteiger partial charge on any atom is 0.305 e. The van der Waals surface area contributed by atoms with E-state index in [2.05, 4.69) is 21.5 Å². The van der Waals surface area contributed by atoms with Crippen LogP contribution in [0.5, 0.6) is 0 Å². The number of hydrogen-bond acceptors (Lipinski definition) is 5. The molecule has 1 aromatic heterocycles. The number of carboxylic acid groups (broad SMARTS) is 1. The minimum atomic E-state index is -4.20. The Bertz CT molecular complexity index is 1280. The molecule has 9 heteroatoms. The largest absolute Gasteiger partial charge is 0.481 e. The average molecular weight is 482 g/mol. The zero-order chi connectivity index (χ0) is 24.9. The van der Waals surface area contributed by atoms with E-state index in [1.54, 1.807) is 0 Å². The van der Waals surface area contributed by atoms with E-state index in [0.29, 0.717) is 28.3 Å². The van der Waals surface area contributed by atoms with Crippen LogP contribution in [0.2, 0.25) is 0 Å². The SMILES string of the molecule is CC(C)c1nc(-c2ccccc2)nc(-c2ccc(F)cc2)c1C#CP(=O)(O)CC(O)CC(=O)O. The molecular formula is C25H24FN2O5P. The lowest BCUT2D eigenvalue weighted by atomic mass is 9.98. The van der Waals surface area contributed by atoms with E-state index in [9.17, 15) is 23.7 Å². The van der Waals surface area contributed by atoms with Crippen LogP contribution in [0.25, 0.3) is 22.6 Å². The first-order valence-corrected chi connectivity index (χ1v) is 12.4. The van der Waals surface area contributed by atoms with Crippen molar-refractivity contribution >= 4 is 13.3 Å². The molecule has 3 aromatic rings. The van der Waals surface area contributed by atoms with Crippen molar-refractivity contribution in [3.63, 3.8) is 0 Å². The van der Waals surface area contributed by atoms with Gasteiger partial charge in [0.2, 0.25) is 0 Å². The van der Waals surface area contributed by atoms with E-state index < -0.39 is 37.8 Å². The third-order valence-corrected chi connectivity index (χ3v) is 6.24. The highest BCUT2D eigenvalue weighted by Gasteiger charge is 2.24. The number of aliphatic hydroxyl groups excluding tert-OH is 1. The van der Waals surface area contributed by atoms with Crippen LogP contribution in [0.15, 0.2) is 54.6 Å². The number of benzene rings is 2. The van der Waals surface area contributed by atoms with Crippen molar-refractivity contribution in [2.24, 2.45) is 0 Å². The first kappa shape index (κ1) is 25.3. The number of aliphatic hydroxyl groups is 1. The molecule has 1 heterocycles. The zero-order valence-corrected chi connectivity index (χ0v) is 19.5. The lowest BCUT2D eigenvalue weighted by Gasteiger charge is -2.15. The molecule has 2 aromatic carbocycles. The van der Waals surface area contributed by atoms with E-state index in [-0.39, 0.29) is 5.92 Å². The van der Waals surface area contributed by atoms with Gasteiger partial charge in [-0.15, -0.1) is 0 Å². The fourth-order valence-electron chi connectivity index (χ4n) is 3.29. The molecule has 0 saturated carbocycles. The van der Waals surface area contributed by atoms with Gasteiger partial charge in [0.25, 0.3) is 7.37 Å². The molecule has 0 amide bonds. The highest BCUT2D eigenvalue weighted by atomic mass is 31.2. The molecule has 3 N–H and O–H groups in total. The maximum absolute atomic E-state index is 13.6. The average Bonchev–Trinajstić information content (AvgIpc) is 2.77. The number of halogens is 1. The standard InChI is InChI=1S/C25H24FN2O5P/c1-16(2)23-21(12-13-34(32,33)15-20(29)14-22(30)31)24(17-8-10-19(26)11-9-17)28-25(27-23)18-6-4-3-5-7-18/h3-11,16,20,29H,14-15H2,1-2H3,(H,30,31)(H,32,33). The predicted octanol–water partition coefficient (Wildman–Crippen LogP) is 4.49. The minimum Gasteiger partial charge on any atom is -0.481 e. The van der Waals surface area contributed by atoms with Crippen molar-refractivity contribution in [3.8, 4) is 34.2 Å². The van der Waals surface area contributed by atoms with Crippen LogP contribution < -0.4 is 0 Å². The quantitative estimate of drug-likeness (QED) is 0.335. The second-order valence-electron chi connectivity index (χ2n) is 8.06. The molecular weight excluding hydrogens is 458 g/mol. The summed E-state index contributed by atoms with van der Waals surface area (Å²) in [5.74, 6) is 1.30. The van der Waals surface area contributed by atoms with Crippen molar-refractivity contribution < 1.29 is 28.9 Å². The Morgan fingerprint density at radius 2 is 1.71 bits per heavy atom. The van der Waals surface area contributed by atoms with E-state index in [1.165, 1.54) is 24.3 Å².